The fourth-order valence-electron chi connectivity index (χ4n) is 4.76. The number of nitrogens with one attached hydrogen (secondary N) is 1. The van der Waals surface area contributed by atoms with Gasteiger partial charge in [0.05, 0.1) is 4.90 Å². The van der Waals surface area contributed by atoms with Crippen molar-refractivity contribution in [1.82, 2.24) is 14.5 Å². The van der Waals surface area contributed by atoms with E-state index in [0.29, 0.717) is 30.7 Å². The number of hydrogen-bond acceptors (Lipinski definition) is 4. The first-order valence-electron chi connectivity index (χ1n) is 10.1. The number of carbonyl (C=O) groups is 1. The molecule has 2 bridgehead atoms. The average molecular weight is 392 g/mol. The van der Waals surface area contributed by atoms with Gasteiger partial charge in [0.1, 0.15) is 0 Å². The van der Waals surface area contributed by atoms with Crippen molar-refractivity contribution < 1.29 is 13.2 Å². The number of amides is 1. The molecule has 27 heavy (non-hydrogen) atoms. The van der Waals surface area contributed by atoms with Crippen molar-refractivity contribution in [1.29, 1.82) is 0 Å². The molecule has 6 nitrogen and oxygen atoms in total. The van der Waals surface area contributed by atoms with E-state index in [4.69, 9.17) is 0 Å². The predicted molar refractivity (Wildman–Crippen MR) is 104 cm³/mol. The van der Waals surface area contributed by atoms with E-state index in [9.17, 15) is 13.2 Å². The Balaban J connectivity index is 1.52. The summed E-state index contributed by atoms with van der Waals surface area (Å²) in [5, 5.41) is 3.60. The Morgan fingerprint density at radius 1 is 1.11 bits per heavy atom. The van der Waals surface area contributed by atoms with Crippen LogP contribution in [0.25, 0.3) is 0 Å². The lowest BCUT2D eigenvalue weighted by Crippen LogP contribution is -2.48. The standard InChI is InChI=1S/C20H29N3O3S/c1-22(18-13-16-8-9-17(14-18)21-16)20(24)15-6-5-7-19(12-15)27(25,26)23-10-3-2-4-11-23/h5-7,12,16-18,21H,2-4,8-11,13-14H2,1H3. The van der Waals surface area contributed by atoms with Crippen LogP contribution in [0.15, 0.2) is 29.2 Å². The van der Waals surface area contributed by atoms with Crippen molar-refractivity contribution in [2.45, 2.75) is 68.0 Å². The lowest BCUT2D eigenvalue weighted by molar-refractivity contribution is 0.0681. The van der Waals surface area contributed by atoms with Crippen LogP contribution in [0.1, 0.15) is 55.3 Å². The Kier molecular flexibility index (Phi) is 5.27. The number of nitrogens with zero attached hydrogens (tertiary/aromatic N) is 2. The molecule has 1 aromatic rings. The minimum Gasteiger partial charge on any atom is -0.339 e. The first kappa shape index (κ1) is 18.9. The molecule has 0 radical (unpaired) electrons. The molecule has 0 spiro atoms. The molecule has 4 rings (SSSR count). The molecule has 2 unspecified atom stereocenters. The van der Waals surface area contributed by atoms with Gasteiger partial charge < -0.3 is 10.2 Å². The van der Waals surface area contributed by atoms with Gasteiger partial charge >= 0.3 is 0 Å². The molecule has 3 fully saturated rings. The highest BCUT2D eigenvalue weighted by Crippen LogP contribution is 2.30. The van der Waals surface area contributed by atoms with Crippen molar-refractivity contribution in [3.05, 3.63) is 29.8 Å². The minimum atomic E-state index is -3.52. The van der Waals surface area contributed by atoms with Crippen molar-refractivity contribution in [2.24, 2.45) is 0 Å². The van der Waals surface area contributed by atoms with Crippen LogP contribution in [0.2, 0.25) is 0 Å². The maximum absolute atomic E-state index is 13.0. The Hall–Kier alpha value is -1.44. The molecule has 3 aliphatic rings. The molecular formula is C20H29N3O3S. The summed E-state index contributed by atoms with van der Waals surface area (Å²) in [6.07, 6.45) is 7.21. The second-order valence-electron chi connectivity index (χ2n) is 8.17. The topological polar surface area (TPSA) is 69.7 Å². The molecule has 2 atom stereocenters. The van der Waals surface area contributed by atoms with Crippen LogP contribution in [0.5, 0.6) is 0 Å². The van der Waals surface area contributed by atoms with E-state index in [-0.39, 0.29) is 16.8 Å². The normalized spacial score (nSPS) is 28.9. The quantitative estimate of drug-likeness (QED) is 0.854. The monoisotopic (exact) mass is 391 g/mol. The number of fused-ring (bicyclic) bond motifs is 2. The van der Waals surface area contributed by atoms with E-state index < -0.39 is 10.0 Å². The number of piperidine rings is 2. The van der Waals surface area contributed by atoms with E-state index in [1.54, 1.807) is 28.6 Å². The molecule has 148 valence electrons. The van der Waals surface area contributed by atoms with Gasteiger partial charge in [0.2, 0.25) is 10.0 Å². The summed E-state index contributed by atoms with van der Waals surface area (Å²) >= 11 is 0. The van der Waals surface area contributed by atoms with Crippen LogP contribution in [0.4, 0.5) is 0 Å². The zero-order valence-electron chi connectivity index (χ0n) is 15.9. The maximum atomic E-state index is 13.0. The second kappa shape index (κ2) is 7.53. The summed E-state index contributed by atoms with van der Waals surface area (Å²) in [5.74, 6) is -0.0861. The molecule has 3 saturated heterocycles. The van der Waals surface area contributed by atoms with Gasteiger partial charge in [-0.3, -0.25) is 4.79 Å². The Bertz CT molecular complexity index is 792. The van der Waals surface area contributed by atoms with Crippen LogP contribution >= 0.6 is 0 Å². The fourth-order valence-corrected chi connectivity index (χ4v) is 6.32. The van der Waals surface area contributed by atoms with Crippen molar-refractivity contribution >= 4 is 15.9 Å². The Morgan fingerprint density at radius 3 is 2.44 bits per heavy atom. The third-order valence-electron chi connectivity index (χ3n) is 6.35. The van der Waals surface area contributed by atoms with E-state index in [0.717, 1.165) is 32.1 Å². The number of sulfonamides is 1. The molecule has 7 heteroatoms. The molecule has 1 N–H and O–H groups in total. The zero-order chi connectivity index (χ0) is 19.0. The minimum absolute atomic E-state index is 0.0861. The Labute approximate surface area is 162 Å². The van der Waals surface area contributed by atoms with Gasteiger partial charge in [0.25, 0.3) is 5.91 Å². The molecule has 0 aliphatic carbocycles. The van der Waals surface area contributed by atoms with E-state index in [1.165, 1.54) is 12.8 Å². The maximum Gasteiger partial charge on any atom is 0.253 e. The van der Waals surface area contributed by atoms with Gasteiger partial charge in [-0.05, 0) is 56.7 Å². The lowest BCUT2D eigenvalue weighted by Gasteiger charge is -2.35. The highest BCUT2D eigenvalue weighted by atomic mass is 32.2. The van der Waals surface area contributed by atoms with Crippen molar-refractivity contribution in [3.63, 3.8) is 0 Å². The summed E-state index contributed by atoms with van der Waals surface area (Å²) in [4.78, 5) is 15.1. The molecule has 0 aromatic heterocycles. The summed E-state index contributed by atoms with van der Waals surface area (Å²) < 4.78 is 27.4. The summed E-state index contributed by atoms with van der Waals surface area (Å²) in [6.45, 7) is 1.14. The van der Waals surface area contributed by atoms with Crippen LogP contribution in [-0.4, -0.2) is 61.8 Å². The predicted octanol–water partition coefficient (Wildman–Crippen LogP) is 2.22. The van der Waals surface area contributed by atoms with Crippen LogP contribution < -0.4 is 5.32 Å². The highest BCUT2D eigenvalue weighted by molar-refractivity contribution is 7.89. The Morgan fingerprint density at radius 2 is 1.78 bits per heavy atom. The first-order chi connectivity index (χ1) is 12.9. The third-order valence-corrected chi connectivity index (χ3v) is 8.24. The van der Waals surface area contributed by atoms with Crippen LogP contribution in [0.3, 0.4) is 0 Å². The van der Waals surface area contributed by atoms with Crippen molar-refractivity contribution in [2.75, 3.05) is 20.1 Å². The second-order valence-corrected chi connectivity index (χ2v) is 10.1. The zero-order valence-corrected chi connectivity index (χ0v) is 16.7. The van der Waals surface area contributed by atoms with Crippen molar-refractivity contribution in [3.8, 4) is 0 Å². The molecular weight excluding hydrogens is 362 g/mol. The largest absolute Gasteiger partial charge is 0.339 e. The lowest BCUT2D eigenvalue weighted by atomic mass is 9.98. The fraction of sp³-hybridized carbons (Fsp3) is 0.650. The van der Waals surface area contributed by atoms with Gasteiger partial charge in [-0.25, -0.2) is 8.42 Å². The van der Waals surface area contributed by atoms with Crippen LogP contribution in [0, 0.1) is 0 Å². The number of carbonyl (C=O) groups excluding carboxylic acids is 1. The van der Waals surface area contributed by atoms with E-state index in [2.05, 4.69) is 5.32 Å². The van der Waals surface area contributed by atoms with Gasteiger partial charge in [-0.15, -0.1) is 0 Å². The van der Waals surface area contributed by atoms with E-state index in [1.807, 2.05) is 11.9 Å². The summed E-state index contributed by atoms with van der Waals surface area (Å²) in [7, 11) is -1.67. The third kappa shape index (κ3) is 3.77. The summed E-state index contributed by atoms with van der Waals surface area (Å²) in [5.41, 5.74) is 0.460. The molecule has 1 amide bonds. The molecule has 0 saturated carbocycles. The first-order valence-corrected chi connectivity index (χ1v) is 11.5. The molecule has 3 aliphatic heterocycles. The van der Waals surface area contributed by atoms with Gasteiger partial charge in [0.15, 0.2) is 0 Å². The van der Waals surface area contributed by atoms with Gasteiger partial charge in [-0.2, -0.15) is 4.31 Å². The highest BCUT2D eigenvalue weighted by Gasteiger charge is 2.36. The average Bonchev–Trinajstić information content (AvgIpc) is 3.05. The number of hydrogen-bond donors (Lipinski definition) is 1. The molecule has 3 heterocycles. The van der Waals surface area contributed by atoms with Gasteiger partial charge in [0, 0.05) is 43.8 Å². The smallest absolute Gasteiger partial charge is 0.253 e. The SMILES string of the molecule is CN(C(=O)c1cccc(S(=O)(=O)N2CCCCC2)c1)C1CC2CCC(C1)N2. The number of benzene rings is 1. The van der Waals surface area contributed by atoms with Crippen LogP contribution in [-0.2, 0) is 10.0 Å². The summed E-state index contributed by atoms with van der Waals surface area (Å²) in [6, 6.07) is 7.81. The number of rotatable bonds is 4. The van der Waals surface area contributed by atoms with E-state index >= 15 is 0 Å². The molecule has 1 aromatic carbocycles. The van der Waals surface area contributed by atoms with Gasteiger partial charge in [-0.1, -0.05) is 12.5 Å².